The number of pyridine rings is 1. The molecule has 1 N–H and O–H groups in total. The van der Waals surface area contributed by atoms with E-state index in [2.05, 4.69) is 10.3 Å². The van der Waals surface area contributed by atoms with Gasteiger partial charge in [0, 0.05) is 23.7 Å². The Morgan fingerprint density at radius 3 is 2.70 bits per heavy atom. The van der Waals surface area contributed by atoms with Crippen molar-refractivity contribution in [1.82, 2.24) is 9.38 Å². The number of halogens is 1. The summed E-state index contributed by atoms with van der Waals surface area (Å²) in [7, 11) is 0. The van der Waals surface area contributed by atoms with Gasteiger partial charge in [0.25, 0.3) is 5.91 Å². The summed E-state index contributed by atoms with van der Waals surface area (Å²) in [6, 6.07) is 9.07. The molecule has 4 nitrogen and oxygen atoms in total. The van der Waals surface area contributed by atoms with Gasteiger partial charge >= 0.3 is 0 Å². The topological polar surface area (TPSA) is 46.4 Å². The molecule has 5 heteroatoms. The normalized spacial score (nSPS) is 10.7. The molecule has 0 bridgehead atoms. The van der Waals surface area contributed by atoms with E-state index in [0.717, 1.165) is 11.3 Å². The molecule has 0 radical (unpaired) electrons. The summed E-state index contributed by atoms with van der Waals surface area (Å²) in [5.41, 5.74) is 2.82. The molecule has 1 amide bonds. The predicted octanol–water partition coefficient (Wildman–Crippen LogP) is 3.03. The lowest BCUT2D eigenvalue weighted by Crippen LogP contribution is -2.13. The number of aryl methyl sites for hydroxylation is 1. The van der Waals surface area contributed by atoms with Gasteiger partial charge in [-0.15, -0.1) is 0 Å². The number of benzene rings is 1. The zero-order valence-electron chi connectivity index (χ0n) is 10.8. The summed E-state index contributed by atoms with van der Waals surface area (Å²) in [5, 5.41) is 2.82. The number of nitrogens with zero attached hydrogens (tertiary/aromatic N) is 2. The molecule has 0 aliphatic carbocycles. The van der Waals surface area contributed by atoms with Crippen LogP contribution in [0.15, 0.2) is 48.8 Å². The summed E-state index contributed by atoms with van der Waals surface area (Å²) in [6.07, 6.45) is 3.53. The second kappa shape index (κ2) is 4.77. The van der Waals surface area contributed by atoms with Crippen molar-refractivity contribution in [2.75, 3.05) is 5.32 Å². The van der Waals surface area contributed by atoms with Crippen LogP contribution in [0.2, 0.25) is 0 Å². The fraction of sp³-hybridized carbons (Fsp3) is 0.0667. The van der Waals surface area contributed by atoms with Crippen LogP contribution in [-0.4, -0.2) is 15.3 Å². The molecule has 0 fully saturated rings. The molecule has 0 spiro atoms. The third-order valence-corrected chi connectivity index (χ3v) is 3.17. The van der Waals surface area contributed by atoms with Crippen LogP contribution in [-0.2, 0) is 0 Å². The Bertz CT molecular complexity index is 777. The molecular weight excluding hydrogens is 257 g/mol. The number of amides is 1. The number of fused-ring (bicyclic) bond motifs is 1. The maximum Gasteiger partial charge on any atom is 0.255 e. The van der Waals surface area contributed by atoms with Gasteiger partial charge in [-0.2, -0.15) is 0 Å². The van der Waals surface area contributed by atoms with Crippen molar-refractivity contribution in [3.05, 3.63) is 65.9 Å². The molecular formula is C15H12FN3O. The molecule has 0 aliphatic heterocycles. The van der Waals surface area contributed by atoms with Crippen LogP contribution in [0.1, 0.15) is 16.1 Å². The third-order valence-electron chi connectivity index (χ3n) is 3.17. The number of hydrogen-bond donors (Lipinski definition) is 1. The SMILES string of the molecule is Cc1c(NC(=O)c2ccc(F)cc2)ccc2nccn12. The van der Waals surface area contributed by atoms with Crippen molar-refractivity contribution < 1.29 is 9.18 Å². The molecule has 3 rings (SSSR count). The van der Waals surface area contributed by atoms with Crippen molar-refractivity contribution in [3.63, 3.8) is 0 Å². The van der Waals surface area contributed by atoms with Crippen molar-refractivity contribution in [1.29, 1.82) is 0 Å². The number of aromatic nitrogens is 2. The number of carbonyl (C=O) groups excluding carboxylic acids is 1. The molecule has 0 aliphatic rings. The van der Waals surface area contributed by atoms with Crippen LogP contribution in [0.5, 0.6) is 0 Å². The van der Waals surface area contributed by atoms with Crippen LogP contribution < -0.4 is 5.32 Å². The fourth-order valence-corrected chi connectivity index (χ4v) is 2.06. The van der Waals surface area contributed by atoms with Gasteiger partial charge in [0.1, 0.15) is 11.5 Å². The average molecular weight is 269 g/mol. The zero-order chi connectivity index (χ0) is 14.1. The molecule has 0 saturated carbocycles. The zero-order valence-corrected chi connectivity index (χ0v) is 10.8. The van der Waals surface area contributed by atoms with Crippen molar-refractivity contribution in [3.8, 4) is 0 Å². The van der Waals surface area contributed by atoms with Gasteiger partial charge in [0.05, 0.1) is 5.69 Å². The first-order valence-corrected chi connectivity index (χ1v) is 6.15. The van der Waals surface area contributed by atoms with Crippen LogP contribution in [0.25, 0.3) is 5.65 Å². The lowest BCUT2D eigenvalue weighted by atomic mass is 10.2. The molecule has 2 heterocycles. The molecule has 0 saturated heterocycles. The van der Waals surface area contributed by atoms with Crippen LogP contribution in [0.3, 0.4) is 0 Å². The Morgan fingerprint density at radius 2 is 1.95 bits per heavy atom. The molecule has 100 valence electrons. The minimum Gasteiger partial charge on any atom is -0.320 e. The highest BCUT2D eigenvalue weighted by molar-refractivity contribution is 6.04. The van der Waals surface area contributed by atoms with Crippen LogP contribution >= 0.6 is 0 Å². The first-order valence-electron chi connectivity index (χ1n) is 6.15. The van der Waals surface area contributed by atoms with E-state index in [-0.39, 0.29) is 11.7 Å². The van der Waals surface area contributed by atoms with Gasteiger partial charge in [-0.1, -0.05) is 0 Å². The largest absolute Gasteiger partial charge is 0.320 e. The van der Waals surface area contributed by atoms with Gasteiger partial charge in [-0.3, -0.25) is 4.79 Å². The molecule has 3 aromatic rings. The number of imidazole rings is 1. The van der Waals surface area contributed by atoms with E-state index >= 15 is 0 Å². The minimum atomic E-state index is -0.363. The molecule has 20 heavy (non-hydrogen) atoms. The number of nitrogens with one attached hydrogen (secondary N) is 1. The first-order chi connectivity index (χ1) is 9.65. The number of rotatable bonds is 2. The quantitative estimate of drug-likeness (QED) is 0.777. The van der Waals surface area contributed by atoms with Gasteiger partial charge in [0.15, 0.2) is 0 Å². The average Bonchev–Trinajstić information content (AvgIpc) is 2.92. The molecule has 2 aromatic heterocycles. The van der Waals surface area contributed by atoms with Crippen LogP contribution in [0.4, 0.5) is 10.1 Å². The van der Waals surface area contributed by atoms with Crippen molar-refractivity contribution in [2.24, 2.45) is 0 Å². The first kappa shape index (κ1) is 12.3. The van der Waals surface area contributed by atoms with Gasteiger partial charge < -0.3 is 9.72 Å². The second-order valence-corrected chi connectivity index (χ2v) is 4.45. The van der Waals surface area contributed by atoms with Gasteiger partial charge in [0.2, 0.25) is 0 Å². The highest BCUT2D eigenvalue weighted by atomic mass is 19.1. The standard InChI is InChI=1S/C15H12FN3O/c1-10-13(6-7-14-17-8-9-19(10)14)18-15(20)11-2-4-12(16)5-3-11/h2-9H,1H3,(H,18,20). The molecule has 0 atom stereocenters. The minimum absolute atomic E-state index is 0.271. The Hall–Kier alpha value is -2.69. The highest BCUT2D eigenvalue weighted by Crippen LogP contribution is 2.17. The number of carbonyl (C=O) groups is 1. The fourth-order valence-electron chi connectivity index (χ4n) is 2.06. The Balaban J connectivity index is 1.90. The summed E-state index contributed by atoms with van der Waals surface area (Å²) < 4.78 is 14.7. The van der Waals surface area contributed by atoms with E-state index < -0.39 is 0 Å². The second-order valence-electron chi connectivity index (χ2n) is 4.45. The molecule has 0 unspecified atom stereocenters. The highest BCUT2D eigenvalue weighted by Gasteiger charge is 2.09. The smallest absolute Gasteiger partial charge is 0.255 e. The third kappa shape index (κ3) is 2.14. The van der Waals surface area contributed by atoms with Gasteiger partial charge in [-0.05, 0) is 43.3 Å². The Kier molecular flexibility index (Phi) is 2.95. The summed E-state index contributed by atoms with van der Waals surface area (Å²) in [4.78, 5) is 16.3. The Morgan fingerprint density at radius 1 is 1.20 bits per heavy atom. The molecule has 1 aromatic carbocycles. The summed E-state index contributed by atoms with van der Waals surface area (Å²) in [6.45, 7) is 1.90. The maximum atomic E-state index is 12.8. The maximum absolute atomic E-state index is 12.8. The monoisotopic (exact) mass is 269 g/mol. The number of anilines is 1. The number of hydrogen-bond acceptors (Lipinski definition) is 2. The van der Waals surface area contributed by atoms with E-state index in [1.807, 2.05) is 23.6 Å². The lowest BCUT2D eigenvalue weighted by molar-refractivity contribution is 0.102. The summed E-state index contributed by atoms with van der Waals surface area (Å²) in [5.74, 6) is -0.634. The Labute approximate surface area is 114 Å². The predicted molar refractivity (Wildman–Crippen MR) is 74.3 cm³/mol. The van der Waals surface area contributed by atoms with E-state index in [4.69, 9.17) is 0 Å². The van der Waals surface area contributed by atoms with Crippen LogP contribution in [0, 0.1) is 12.7 Å². The van der Waals surface area contributed by atoms with Gasteiger partial charge in [-0.25, -0.2) is 9.37 Å². The summed E-state index contributed by atoms with van der Waals surface area (Å²) >= 11 is 0. The van der Waals surface area contributed by atoms with E-state index in [1.54, 1.807) is 12.3 Å². The van der Waals surface area contributed by atoms with E-state index in [0.29, 0.717) is 11.3 Å². The van der Waals surface area contributed by atoms with Crippen molar-refractivity contribution >= 4 is 17.2 Å². The van der Waals surface area contributed by atoms with E-state index in [9.17, 15) is 9.18 Å². The lowest BCUT2D eigenvalue weighted by Gasteiger charge is -2.10. The van der Waals surface area contributed by atoms with Crippen molar-refractivity contribution in [2.45, 2.75) is 6.92 Å². The van der Waals surface area contributed by atoms with E-state index in [1.165, 1.54) is 24.3 Å².